The fourth-order valence-electron chi connectivity index (χ4n) is 4.05. The lowest BCUT2D eigenvalue weighted by Gasteiger charge is -2.36. The SMILES string of the molecule is O=C(c1cccnc1N1CCN(Cc2ccc(Cl)cc2)CC1)N1CCCCC1. The molecule has 3 heterocycles. The molecule has 2 aliphatic heterocycles. The largest absolute Gasteiger partial charge is 0.353 e. The van der Waals surface area contributed by atoms with E-state index in [0.717, 1.165) is 75.1 Å². The first-order valence-corrected chi connectivity index (χ1v) is 10.5. The van der Waals surface area contributed by atoms with Gasteiger partial charge in [-0.3, -0.25) is 9.69 Å². The van der Waals surface area contributed by atoms with Crippen LogP contribution in [0.25, 0.3) is 0 Å². The van der Waals surface area contributed by atoms with E-state index >= 15 is 0 Å². The average Bonchev–Trinajstić information content (AvgIpc) is 2.76. The molecule has 0 N–H and O–H groups in total. The molecule has 0 radical (unpaired) electrons. The van der Waals surface area contributed by atoms with Crippen LogP contribution in [-0.4, -0.2) is 60.0 Å². The summed E-state index contributed by atoms with van der Waals surface area (Å²) < 4.78 is 0. The lowest BCUT2D eigenvalue weighted by atomic mass is 10.1. The molecule has 0 aliphatic carbocycles. The van der Waals surface area contributed by atoms with Gasteiger partial charge in [0.1, 0.15) is 5.82 Å². The van der Waals surface area contributed by atoms with Gasteiger partial charge < -0.3 is 9.80 Å². The molecule has 4 rings (SSSR count). The lowest BCUT2D eigenvalue weighted by Crippen LogP contribution is -2.47. The molecule has 1 aromatic carbocycles. The van der Waals surface area contributed by atoms with E-state index in [0.29, 0.717) is 0 Å². The average molecular weight is 399 g/mol. The minimum Gasteiger partial charge on any atom is -0.353 e. The number of benzene rings is 1. The molecule has 5 nitrogen and oxygen atoms in total. The molecule has 0 spiro atoms. The van der Waals surface area contributed by atoms with E-state index < -0.39 is 0 Å². The number of hydrogen-bond donors (Lipinski definition) is 0. The van der Waals surface area contributed by atoms with Crippen molar-refractivity contribution in [1.29, 1.82) is 0 Å². The van der Waals surface area contributed by atoms with Crippen molar-refractivity contribution in [2.75, 3.05) is 44.2 Å². The predicted molar refractivity (Wildman–Crippen MR) is 113 cm³/mol. The first-order chi connectivity index (χ1) is 13.7. The Morgan fingerprint density at radius 1 is 0.929 bits per heavy atom. The van der Waals surface area contributed by atoms with Gasteiger partial charge in [0.05, 0.1) is 5.56 Å². The van der Waals surface area contributed by atoms with Crippen molar-refractivity contribution in [3.8, 4) is 0 Å². The van der Waals surface area contributed by atoms with Crippen molar-refractivity contribution in [3.05, 3.63) is 58.7 Å². The predicted octanol–water partition coefficient (Wildman–Crippen LogP) is 3.68. The smallest absolute Gasteiger partial charge is 0.257 e. The van der Waals surface area contributed by atoms with Crippen molar-refractivity contribution in [2.45, 2.75) is 25.8 Å². The molecule has 0 atom stereocenters. The van der Waals surface area contributed by atoms with Gasteiger partial charge in [-0.2, -0.15) is 0 Å². The molecule has 1 amide bonds. The van der Waals surface area contributed by atoms with Gasteiger partial charge in [0.15, 0.2) is 0 Å². The molecule has 148 valence electrons. The number of halogens is 1. The number of nitrogens with zero attached hydrogens (tertiary/aromatic N) is 4. The highest BCUT2D eigenvalue weighted by Crippen LogP contribution is 2.23. The second kappa shape index (κ2) is 8.93. The summed E-state index contributed by atoms with van der Waals surface area (Å²) in [6.07, 6.45) is 5.22. The second-order valence-corrected chi connectivity index (χ2v) is 8.05. The van der Waals surface area contributed by atoms with Crippen molar-refractivity contribution >= 4 is 23.3 Å². The Morgan fingerprint density at radius 2 is 1.64 bits per heavy atom. The maximum atomic E-state index is 13.0. The number of aromatic nitrogens is 1. The van der Waals surface area contributed by atoms with Crippen molar-refractivity contribution in [3.63, 3.8) is 0 Å². The molecule has 2 aromatic rings. The van der Waals surface area contributed by atoms with Crippen LogP contribution >= 0.6 is 11.6 Å². The topological polar surface area (TPSA) is 39.7 Å². The molecule has 6 heteroatoms. The molecule has 2 saturated heterocycles. The summed E-state index contributed by atoms with van der Waals surface area (Å²) in [7, 11) is 0. The monoisotopic (exact) mass is 398 g/mol. The van der Waals surface area contributed by atoms with Crippen LogP contribution in [0.1, 0.15) is 35.2 Å². The van der Waals surface area contributed by atoms with Gasteiger partial charge in [0, 0.05) is 57.0 Å². The summed E-state index contributed by atoms with van der Waals surface area (Å²) in [6, 6.07) is 11.9. The molecular weight excluding hydrogens is 372 g/mol. The number of piperazine rings is 1. The maximum Gasteiger partial charge on any atom is 0.257 e. The van der Waals surface area contributed by atoms with Crippen molar-refractivity contribution in [2.24, 2.45) is 0 Å². The molecule has 1 aromatic heterocycles. The van der Waals surface area contributed by atoms with Gasteiger partial charge in [0.25, 0.3) is 5.91 Å². The zero-order chi connectivity index (χ0) is 19.3. The van der Waals surface area contributed by atoms with Gasteiger partial charge in [0.2, 0.25) is 0 Å². The van der Waals surface area contributed by atoms with E-state index in [2.05, 4.69) is 26.9 Å². The maximum absolute atomic E-state index is 13.0. The molecule has 0 saturated carbocycles. The molecule has 0 bridgehead atoms. The Kier molecular flexibility index (Phi) is 6.13. The van der Waals surface area contributed by atoms with Gasteiger partial charge in [-0.05, 0) is 49.1 Å². The van der Waals surface area contributed by atoms with Gasteiger partial charge >= 0.3 is 0 Å². The molecule has 2 aliphatic rings. The summed E-state index contributed by atoms with van der Waals surface area (Å²) >= 11 is 5.98. The highest BCUT2D eigenvalue weighted by Gasteiger charge is 2.25. The fourth-order valence-corrected chi connectivity index (χ4v) is 4.18. The lowest BCUT2D eigenvalue weighted by molar-refractivity contribution is 0.0724. The van der Waals surface area contributed by atoms with Gasteiger partial charge in [-0.1, -0.05) is 23.7 Å². The first kappa shape index (κ1) is 19.2. The Bertz CT molecular complexity index is 796. The number of carbonyl (C=O) groups is 1. The Hall–Kier alpha value is -2.11. The third-order valence-corrected chi connectivity index (χ3v) is 5.90. The summed E-state index contributed by atoms with van der Waals surface area (Å²) in [5.41, 5.74) is 2.02. The van der Waals surface area contributed by atoms with Crippen molar-refractivity contribution in [1.82, 2.24) is 14.8 Å². The zero-order valence-corrected chi connectivity index (χ0v) is 16.9. The summed E-state index contributed by atoms with van der Waals surface area (Å²) in [4.78, 5) is 24.3. The molecular formula is C22H27ClN4O. The number of anilines is 1. The fraction of sp³-hybridized carbons (Fsp3) is 0.455. The zero-order valence-electron chi connectivity index (χ0n) is 16.2. The Morgan fingerprint density at radius 3 is 2.36 bits per heavy atom. The summed E-state index contributed by atoms with van der Waals surface area (Å²) in [5, 5.41) is 0.773. The van der Waals surface area contributed by atoms with Crippen LogP contribution < -0.4 is 4.90 Å². The van der Waals surface area contributed by atoms with Crippen LogP contribution in [0.15, 0.2) is 42.6 Å². The number of hydrogen-bond acceptors (Lipinski definition) is 4. The second-order valence-electron chi connectivity index (χ2n) is 7.62. The highest BCUT2D eigenvalue weighted by atomic mass is 35.5. The normalized spacial score (nSPS) is 18.3. The van der Waals surface area contributed by atoms with Crippen LogP contribution in [0.2, 0.25) is 5.02 Å². The highest BCUT2D eigenvalue weighted by molar-refractivity contribution is 6.30. The Labute approximate surface area is 171 Å². The van der Waals surface area contributed by atoms with Crippen LogP contribution in [0, 0.1) is 0 Å². The van der Waals surface area contributed by atoms with E-state index in [1.807, 2.05) is 29.2 Å². The first-order valence-electron chi connectivity index (χ1n) is 10.2. The quantitative estimate of drug-likeness (QED) is 0.787. The van der Waals surface area contributed by atoms with E-state index in [9.17, 15) is 4.79 Å². The van der Waals surface area contributed by atoms with E-state index in [4.69, 9.17) is 11.6 Å². The minimum absolute atomic E-state index is 0.131. The third kappa shape index (κ3) is 4.47. The minimum atomic E-state index is 0.131. The molecule has 2 fully saturated rings. The van der Waals surface area contributed by atoms with Gasteiger partial charge in [-0.15, -0.1) is 0 Å². The molecule has 0 unspecified atom stereocenters. The van der Waals surface area contributed by atoms with E-state index in [1.165, 1.54) is 12.0 Å². The standard InChI is InChI=1S/C22H27ClN4O/c23-19-8-6-18(7-9-19)17-25-13-15-26(16-14-25)21-20(5-4-10-24-21)22(28)27-11-2-1-3-12-27/h4-10H,1-3,11-17H2. The Balaban J connectivity index is 1.40. The number of rotatable bonds is 4. The van der Waals surface area contributed by atoms with Crippen LogP contribution in [0.5, 0.6) is 0 Å². The van der Waals surface area contributed by atoms with Gasteiger partial charge in [-0.25, -0.2) is 4.98 Å². The number of pyridine rings is 1. The number of piperidine rings is 1. The van der Waals surface area contributed by atoms with E-state index in [1.54, 1.807) is 6.20 Å². The van der Waals surface area contributed by atoms with Crippen LogP contribution in [-0.2, 0) is 6.54 Å². The number of carbonyl (C=O) groups excluding carboxylic acids is 1. The third-order valence-electron chi connectivity index (χ3n) is 5.65. The summed E-state index contributed by atoms with van der Waals surface area (Å²) in [6.45, 7) is 6.32. The van der Waals surface area contributed by atoms with Crippen molar-refractivity contribution < 1.29 is 4.79 Å². The summed E-state index contributed by atoms with van der Waals surface area (Å²) in [5.74, 6) is 0.968. The van der Waals surface area contributed by atoms with Crippen LogP contribution in [0.3, 0.4) is 0 Å². The van der Waals surface area contributed by atoms with Crippen LogP contribution in [0.4, 0.5) is 5.82 Å². The van der Waals surface area contributed by atoms with E-state index in [-0.39, 0.29) is 5.91 Å². The molecule has 28 heavy (non-hydrogen) atoms. The number of amides is 1. The number of likely N-dealkylation sites (tertiary alicyclic amines) is 1.